The number of nitrogens with zero attached hydrogens (tertiary/aromatic N) is 4. The molecule has 1 aliphatic carbocycles. The second-order valence-corrected chi connectivity index (χ2v) is 5.51. The van der Waals surface area contributed by atoms with Crippen molar-refractivity contribution in [1.82, 2.24) is 20.2 Å². The van der Waals surface area contributed by atoms with Gasteiger partial charge in [-0.1, -0.05) is 13.0 Å². The Labute approximate surface area is 113 Å². The lowest BCUT2D eigenvalue weighted by molar-refractivity contribution is 0.602. The quantitative estimate of drug-likeness (QED) is 0.918. The minimum atomic E-state index is 0.595. The van der Waals surface area contributed by atoms with Crippen molar-refractivity contribution < 1.29 is 0 Å². The van der Waals surface area contributed by atoms with Crippen LogP contribution in [-0.2, 0) is 0 Å². The number of aromatic nitrogens is 4. The number of rotatable bonds is 3. The maximum absolute atomic E-state index is 3.93. The van der Waals surface area contributed by atoms with Crippen molar-refractivity contribution in [3.8, 4) is 5.69 Å². The maximum atomic E-state index is 3.93. The first-order valence-electron chi connectivity index (χ1n) is 6.83. The molecule has 1 saturated carbocycles. The van der Waals surface area contributed by atoms with Crippen LogP contribution in [0.1, 0.15) is 31.7 Å². The fraction of sp³-hybridized carbons (Fsp3) is 0.500. The van der Waals surface area contributed by atoms with E-state index >= 15 is 0 Å². The van der Waals surface area contributed by atoms with Crippen LogP contribution in [0.15, 0.2) is 24.5 Å². The average Bonchev–Trinajstić information content (AvgIpc) is 3.04. The molecule has 0 amide bonds. The van der Waals surface area contributed by atoms with E-state index in [0.29, 0.717) is 6.04 Å². The van der Waals surface area contributed by atoms with Gasteiger partial charge in [-0.15, -0.1) is 5.10 Å². The number of benzene rings is 1. The molecule has 1 aromatic carbocycles. The molecule has 5 heteroatoms. The van der Waals surface area contributed by atoms with E-state index in [9.17, 15) is 0 Å². The molecule has 1 aliphatic rings. The molecule has 2 unspecified atom stereocenters. The highest BCUT2D eigenvalue weighted by molar-refractivity contribution is 5.57. The zero-order chi connectivity index (χ0) is 13.2. The fourth-order valence-corrected chi connectivity index (χ4v) is 2.75. The predicted molar refractivity (Wildman–Crippen MR) is 74.3 cm³/mol. The van der Waals surface area contributed by atoms with Crippen molar-refractivity contribution in [1.29, 1.82) is 0 Å². The molecule has 1 heterocycles. The summed E-state index contributed by atoms with van der Waals surface area (Å²) >= 11 is 0. The topological polar surface area (TPSA) is 55.6 Å². The Morgan fingerprint density at radius 1 is 1.32 bits per heavy atom. The highest BCUT2D eigenvalue weighted by atomic mass is 15.5. The summed E-state index contributed by atoms with van der Waals surface area (Å²) in [5, 5.41) is 14.9. The second kappa shape index (κ2) is 4.99. The number of anilines is 1. The van der Waals surface area contributed by atoms with Gasteiger partial charge in [0.25, 0.3) is 0 Å². The molecule has 1 fully saturated rings. The third-order valence-corrected chi connectivity index (χ3v) is 3.89. The van der Waals surface area contributed by atoms with Crippen LogP contribution in [0.5, 0.6) is 0 Å². The third-order valence-electron chi connectivity index (χ3n) is 3.89. The summed E-state index contributed by atoms with van der Waals surface area (Å²) < 4.78 is 1.68. The SMILES string of the molecule is Cc1ccc(-n2cnnn2)cc1NC1CCC(C)C1. The first kappa shape index (κ1) is 12.1. The van der Waals surface area contributed by atoms with Gasteiger partial charge >= 0.3 is 0 Å². The van der Waals surface area contributed by atoms with E-state index in [0.717, 1.165) is 11.6 Å². The van der Waals surface area contributed by atoms with Crippen LogP contribution in [0.2, 0.25) is 0 Å². The van der Waals surface area contributed by atoms with Gasteiger partial charge in [0.1, 0.15) is 6.33 Å². The average molecular weight is 257 g/mol. The molecule has 1 aromatic heterocycles. The van der Waals surface area contributed by atoms with Crippen LogP contribution in [0.3, 0.4) is 0 Å². The number of aryl methyl sites for hydroxylation is 1. The lowest BCUT2D eigenvalue weighted by atomic mass is 10.1. The molecular weight excluding hydrogens is 238 g/mol. The molecule has 5 nitrogen and oxygen atoms in total. The highest BCUT2D eigenvalue weighted by Gasteiger charge is 2.21. The van der Waals surface area contributed by atoms with Crippen molar-refractivity contribution in [3.05, 3.63) is 30.1 Å². The van der Waals surface area contributed by atoms with Crippen LogP contribution in [0.25, 0.3) is 5.69 Å². The Kier molecular flexibility index (Phi) is 3.19. The summed E-state index contributed by atoms with van der Waals surface area (Å²) in [6.07, 6.45) is 5.46. The van der Waals surface area contributed by atoms with Crippen LogP contribution < -0.4 is 5.32 Å². The van der Waals surface area contributed by atoms with Gasteiger partial charge in [-0.2, -0.15) is 0 Å². The number of hydrogen-bond donors (Lipinski definition) is 1. The Bertz CT molecular complexity index is 549. The van der Waals surface area contributed by atoms with E-state index in [2.05, 4.69) is 46.8 Å². The van der Waals surface area contributed by atoms with E-state index in [-0.39, 0.29) is 0 Å². The van der Waals surface area contributed by atoms with E-state index < -0.39 is 0 Å². The lowest BCUT2D eigenvalue weighted by Crippen LogP contribution is -2.16. The van der Waals surface area contributed by atoms with Crippen molar-refractivity contribution in [2.24, 2.45) is 5.92 Å². The van der Waals surface area contributed by atoms with Crippen LogP contribution in [0.4, 0.5) is 5.69 Å². The van der Waals surface area contributed by atoms with E-state index in [1.54, 1.807) is 11.0 Å². The third kappa shape index (κ3) is 2.59. The lowest BCUT2D eigenvalue weighted by Gasteiger charge is -2.17. The molecule has 0 aliphatic heterocycles. The van der Waals surface area contributed by atoms with Gasteiger partial charge in [0.05, 0.1) is 5.69 Å². The van der Waals surface area contributed by atoms with E-state index in [4.69, 9.17) is 0 Å². The molecule has 0 radical (unpaired) electrons. The van der Waals surface area contributed by atoms with Crippen LogP contribution >= 0.6 is 0 Å². The van der Waals surface area contributed by atoms with Crippen LogP contribution in [0, 0.1) is 12.8 Å². The monoisotopic (exact) mass is 257 g/mol. The van der Waals surface area contributed by atoms with Crippen molar-refractivity contribution in [2.45, 2.75) is 39.2 Å². The first-order chi connectivity index (χ1) is 9.22. The summed E-state index contributed by atoms with van der Waals surface area (Å²) in [6.45, 7) is 4.45. The number of nitrogens with one attached hydrogen (secondary N) is 1. The summed E-state index contributed by atoms with van der Waals surface area (Å²) in [7, 11) is 0. The van der Waals surface area contributed by atoms with Crippen molar-refractivity contribution >= 4 is 5.69 Å². The van der Waals surface area contributed by atoms with E-state index in [1.165, 1.54) is 30.5 Å². The molecule has 19 heavy (non-hydrogen) atoms. The van der Waals surface area contributed by atoms with Gasteiger partial charge in [-0.05, 0) is 60.2 Å². The Morgan fingerprint density at radius 3 is 2.89 bits per heavy atom. The van der Waals surface area contributed by atoms with Gasteiger partial charge in [0.15, 0.2) is 0 Å². The molecule has 0 bridgehead atoms. The largest absolute Gasteiger partial charge is 0.382 e. The summed E-state index contributed by atoms with van der Waals surface area (Å²) in [4.78, 5) is 0. The normalized spacial score (nSPS) is 22.6. The summed E-state index contributed by atoms with van der Waals surface area (Å²) in [6, 6.07) is 6.86. The molecule has 2 aromatic rings. The Morgan fingerprint density at radius 2 is 2.21 bits per heavy atom. The minimum Gasteiger partial charge on any atom is -0.382 e. The standard InChI is InChI=1S/C14H19N5/c1-10-3-5-12(7-10)16-14-8-13(6-4-11(14)2)19-9-15-17-18-19/h4,6,8-10,12,16H,3,5,7H2,1-2H3. The van der Waals surface area contributed by atoms with Crippen molar-refractivity contribution in [3.63, 3.8) is 0 Å². The van der Waals surface area contributed by atoms with Gasteiger partial charge in [0.2, 0.25) is 0 Å². The van der Waals surface area contributed by atoms with Gasteiger partial charge in [-0.25, -0.2) is 4.68 Å². The van der Waals surface area contributed by atoms with Gasteiger partial charge in [-0.3, -0.25) is 0 Å². The molecule has 100 valence electrons. The van der Waals surface area contributed by atoms with Crippen LogP contribution in [-0.4, -0.2) is 26.2 Å². The second-order valence-electron chi connectivity index (χ2n) is 5.51. The molecule has 1 N–H and O–H groups in total. The van der Waals surface area contributed by atoms with E-state index in [1.807, 2.05) is 6.07 Å². The molecular formula is C14H19N5. The fourth-order valence-electron chi connectivity index (χ4n) is 2.75. The maximum Gasteiger partial charge on any atom is 0.143 e. The molecule has 3 rings (SSSR count). The zero-order valence-corrected chi connectivity index (χ0v) is 11.4. The molecule has 0 saturated heterocycles. The predicted octanol–water partition coefficient (Wildman–Crippen LogP) is 2.57. The smallest absolute Gasteiger partial charge is 0.143 e. The highest BCUT2D eigenvalue weighted by Crippen LogP contribution is 2.29. The van der Waals surface area contributed by atoms with Crippen molar-refractivity contribution in [2.75, 3.05) is 5.32 Å². The Hall–Kier alpha value is -1.91. The summed E-state index contributed by atoms with van der Waals surface area (Å²) in [5.41, 5.74) is 3.44. The molecule has 0 spiro atoms. The summed E-state index contributed by atoms with van der Waals surface area (Å²) in [5.74, 6) is 0.834. The molecule has 2 atom stereocenters. The van der Waals surface area contributed by atoms with Gasteiger partial charge in [0, 0.05) is 11.7 Å². The Balaban J connectivity index is 1.82. The van der Waals surface area contributed by atoms with Gasteiger partial charge < -0.3 is 5.32 Å². The number of hydrogen-bond acceptors (Lipinski definition) is 4. The number of tetrazole rings is 1. The zero-order valence-electron chi connectivity index (χ0n) is 11.4. The first-order valence-corrected chi connectivity index (χ1v) is 6.83. The minimum absolute atomic E-state index is 0.595.